The minimum Gasteiger partial charge on any atom is -0.399 e. The van der Waals surface area contributed by atoms with Gasteiger partial charge in [-0.25, -0.2) is 0 Å². The molecular weight excluding hydrogens is 236 g/mol. The third-order valence-corrected chi connectivity index (χ3v) is 3.97. The first-order valence-corrected chi connectivity index (χ1v) is 6.89. The first-order valence-electron chi connectivity index (χ1n) is 6.89. The summed E-state index contributed by atoms with van der Waals surface area (Å²) in [5, 5.41) is 0. The molecule has 1 aliphatic heterocycles. The van der Waals surface area contributed by atoms with E-state index in [1.54, 1.807) is 6.08 Å². The van der Waals surface area contributed by atoms with Crippen molar-refractivity contribution >= 4 is 17.7 Å². The lowest BCUT2D eigenvalue weighted by Gasteiger charge is -2.34. The second-order valence-electron chi connectivity index (χ2n) is 5.53. The van der Waals surface area contributed by atoms with Gasteiger partial charge in [-0.3, -0.25) is 4.79 Å². The van der Waals surface area contributed by atoms with Gasteiger partial charge in [0.15, 0.2) is 0 Å². The topological polar surface area (TPSA) is 46.3 Å². The summed E-state index contributed by atoms with van der Waals surface area (Å²) in [4.78, 5) is 14.1. The van der Waals surface area contributed by atoms with Gasteiger partial charge in [-0.05, 0) is 42.0 Å². The number of carbonyl (C=O) groups is 1. The maximum Gasteiger partial charge on any atom is 0.246 e. The summed E-state index contributed by atoms with van der Waals surface area (Å²) in [6.45, 7) is 6.20. The Morgan fingerprint density at radius 1 is 1.37 bits per heavy atom. The highest BCUT2D eigenvalue weighted by atomic mass is 16.2. The molecule has 0 aliphatic carbocycles. The molecule has 19 heavy (non-hydrogen) atoms. The third-order valence-electron chi connectivity index (χ3n) is 3.97. The molecule has 2 atom stereocenters. The van der Waals surface area contributed by atoms with Gasteiger partial charge in [0.25, 0.3) is 0 Å². The molecule has 2 N–H and O–H groups in total. The Kier molecular flexibility index (Phi) is 4.25. The normalized spacial score (nSPS) is 23.8. The van der Waals surface area contributed by atoms with E-state index in [0.29, 0.717) is 11.8 Å². The zero-order chi connectivity index (χ0) is 13.8. The smallest absolute Gasteiger partial charge is 0.246 e. The summed E-state index contributed by atoms with van der Waals surface area (Å²) < 4.78 is 0. The highest BCUT2D eigenvalue weighted by Gasteiger charge is 2.24. The van der Waals surface area contributed by atoms with Gasteiger partial charge >= 0.3 is 0 Å². The van der Waals surface area contributed by atoms with Gasteiger partial charge in [-0.2, -0.15) is 0 Å². The van der Waals surface area contributed by atoms with Gasteiger partial charge in [0.1, 0.15) is 0 Å². The summed E-state index contributed by atoms with van der Waals surface area (Å²) in [5.74, 6) is 1.39. The van der Waals surface area contributed by atoms with Crippen LogP contribution in [0.1, 0.15) is 25.8 Å². The predicted octanol–water partition coefficient (Wildman–Crippen LogP) is 2.79. The number of hydrogen-bond donors (Lipinski definition) is 1. The molecule has 1 aliphatic rings. The molecule has 1 heterocycles. The van der Waals surface area contributed by atoms with Gasteiger partial charge < -0.3 is 10.6 Å². The molecule has 1 amide bonds. The molecule has 0 aromatic heterocycles. The summed E-state index contributed by atoms with van der Waals surface area (Å²) in [6, 6.07) is 7.54. The largest absolute Gasteiger partial charge is 0.399 e. The minimum absolute atomic E-state index is 0.0983. The summed E-state index contributed by atoms with van der Waals surface area (Å²) in [5.41, 5.74) is 7.39. The van der Waals surface area contributed by atoms with E-state index in [2.05, 4.69) is 13.8 Å². The van der Waals surface area contributed by atoms with E-state index in [1.807, 2.05) is 35.2 Å². The van der Waals surface area contributed by atoms with Crippen LogP contribution in [0, 0.1) is 11.8 Å². The van der Waals surface area contributed by atoms with Gasteiger partial charge in [-0.15, -0.1) is 0 Å². The van der Waals surface area contributed by atoms with E-state index in [1.165, 1.54) is 0 Å². The first kappa shape index (κ1) is 13.7. The van der Waals surface area contributed by atoms with Gasteiger partial charge in [0, 0.05) is 24.9 Å². The summed E-state index contributed by atoms with van der Waals surface area (Å²) >= 11 is 0. The maximum atomic E-state index is 12.1. The van der Waals surface area contributed by atoms with Crippen LogP contribution in [-0.2, 0) is 4.79 Å². The standard InChI is InChI=1S/C16H22N2O/c1-12-8-9-18(11-13(12)2)16(19)7-6-14-4-3-5-15(17)10-14/h3-7,10,12-13H,8-9,11,17H2,1-2H3/b7-6+. The molecule has 1 saturated heterocycles. The fourth-order valence-corrected chi connectivity index (χ4v) is 2.40. The number of nitrogen functional groups attached to an aromatic ring is 1. The van der Waals surface area contributed by atoms with Crippen molar-refractivity contribution in [3.63, 3.8) is 0 Å². The SMILES string of the molecule is CC1CCN(C(=O)/C=C/c2cccc(N)c2)CC1C. The lowest BCUT2D eigenvalue weighted by Crippen LogP contribution is -2.41. The quantitative estimate of drug-likeness (QED) is 0.655. The number of anilines is 1. The van der Waals surface area contributed by atoms with E-state index in [-0.39, 0.29) is 5.91 Å². The predicted molar refractivity (Wildman–Crippen MR) is 79.4 cm³/mol. The first-order chi connectivity index (χ1) is 9.06. The molecule has 2 rings (SSSR count). The Morgan fingerprint density at radius 2 is 2.16 bits per heavy atom. The van der Waals surface area contributed by atoms with Crippen LogP contribution >= 0.6 is 0 Å². The van der Waals surface area contributed by atoms with Crippen LogP contribution in [0.4, 0.5) is 5.69 Å². The van der Waals surface area contributed by atoms with E-state index in [9.17, 15) is 4.79 Å². The van der Waals surface area contributed by atoms with Crippen molar-refractivity contribution in [3.05, 3.63) is 35.9 Å². The number of benzene rings is 1. The second-order valence-corrected chi connectivity index (χ2v) is 5.53. The molecular formula is C16H22N2O. The van der Waals surface area contributed by atoms with E-state index in [4.69, 9.17) is 5.73 Å². The van der Waals surface area contributed by atoms with Crippen molar-refractivity contribution in [2.75, 3.05) is 18.8 Å². The average molecular weight is 258 g/mol. The minimum atomic E-state index is 0.0983. The molecule has 0 spiro atoms. The average Bonchev–Trinajstić information content (AvgIpc) is 2.39. The molecule has 1 aromatic carbocycles. The molecule has 0 radical (unpaired) electrons. The molecule has 102 valence electrons. The van der Waals surface area contributed by atoms with Crippen molar-refractivity contribution in [2.45, 2.75) is 20.3 Å². The van der Waals surface area contributed by atoms with Crippen LogP contribution in [0.25, 0.3) is 6.08 Å². The Bertz CT molecular complexity index is 481. The molecule has 3 heteroatoms. The third kappa shape index (κ3) is 3.60. The van der Waals surface area contributed by atoms with Crippen LogP contribution in [0.5, 0.6) is 0 Å². The number of amides is 1. The fraction of sp³-hybridized carbons (Fsp3) is 0.438. The lowest BCUT2D eigenvalue weighted by molar-refractivity contribution is -0.128. The van der Waals surface area contributed by atoms with Crippen LogP contribution in [0.15, 0.2) is 30.3 Å². The molecule has 2 unspecified atom stereocenters. The van der Waals surface area contributed by atoms with Crippen LogP contribution in [0.2, 0.25) is 0 Å². The number of nitrogens with two attached hydrogens (primary N) is 1. The molecule has 0 saturated carbocycles. The van der Waals surface area contributed by atoms with Crippen LogP contribution in [-0.4, -0.2) is 23.9 Å². The number of piperidine rings is 1. The van der Waals surface area contributed by atoms with Crippen molar-refractivity contribution in [2.24, 2.45) is 11.8 Å². The van der Waals surface area contributed by atoms with Gasteiger partial charge in [0.2, 0.25) is 5.91 Å². The van der Waals surface area contributed by atoms with Crippen LogP contribution in [0.3, 0.4) is 0 Å². The molecule has 1 aromatic rings. The monoisotopic (exact) mass is 258 g/mol. The zero-order valence-electron chi connectivity index (χ0n) is 11.7. The van der Waals surface area contributed by atoms with Crippen molar-refractivity contribution in [1.29, 1.82) is 0 Å². The lowest BCUT2D eigenvalue weighted by atomic mass is 9.88. The molecule has 1 fully saturated rings. The van der Waals surface area contributed by atoms with E-state index >= 15 is 0 Å². The molecule has 0 bridgehead atoms. The second kappa shape index (κ2) is 5.91. The van der Waals surface area contributed by atoms with Crippen molar-refractivity contribution < 1.29 is 4.79 Å². The zero-order valence-corrected chi connectivity index (χ0v) is 11.7. The Labute approximate surface area is 115 Å². The van der Waals surface area contributed by atoms with Gasteiger partial charge in [0.05, 0.1) is 0 Å². The Hall–Kier alpha value is -1.77. The van der Waals surface area contributed by atoms with E-state index in [0.717, 1.165) is 30.8 Å². The number of nitrogens with zero attached hydrogens (tertiary/aromatic N) is 1. The molecule has 3 nitrogen and oxygen atoms in total. The van der Waals surface area contributed by atoms with Gasteiger partial charge in [-0.1, -0.05) is 26.0 Å². The van der Waals surface area contributed by atoms with Crippen LogP contribution < -0.4 is 5.73 Å². The van der Waals surface area contributed by atoms with E-state index < -0.39 is 0 Å². The number of rotatable bonds is 2. The maximum absolute atomic E-state index is 12.1. The summed E-state index contributed by atoms with van der Waals surface area (Å²) in [6.07, 6.45) is 4.58. The Balaban J connectivity index is 1.97. The number of hydrogen-bond acceptors (Lipinski definition) is 2. The summed E-state index contributed by atoms with van der Waals surface area (Å²) in [7, 11) is 0. The van der Waals surface area contributed by atoms with Crippen molar-refractivity contribution in [3.8, 4) is 0 Å². The highest BCUT2D eigenvalue weighted by Crippen LogP contribution is 2.22. The Morgan fingerprint density at radius 3 is 2.84 bits per heavy atom. The fourth-order valence-electron chi connectivity index (χ4n) is 2.40. The highest BCUT2D eigenvalue weighted by molar-refractivity contribution is 5.92. The number of carbonyl (C=O) groups excluding carboxylic acids is 1. The number of likely N-dealkylation sites (tertiary alicyclic amines) is 1. The van der Waals surface area contributed by atoms with Crippen molar-refractivity contribution in [1.82, 2.24) is 4.90 Å².